The molecule has 2 aromatic rings. The van der Waals surface area contributed by atoms with Crippen LogP contribution >= 0.6 is 0 Å². The van der Waals surface area contributed by atoms with Crippen molar-refractivity contribution in [1.29, 1.82) is 0 Å². The van der Waals surface area contributed by atoms with Gasteiger partial charge in [-0.2, -0.15) is 0 Å². The molecule has 1 atom stereocenters. The fraction of sp³-hybridized carbons (Fsp3) is 0.278. The van der Waals surface area contributed by atoms with E-state index in [1.165, 1.54) is 16.7 Å². The predicted molar refractivity (Wildman–Crippen MR) is 78.6 cm³/mol. The Morgan fingerprint density at radius 1 is 1.00 bits per heavy atom. The van der Waals surface area contributed by atoms with Crippen molar-refractivity contribution in [3.63, 3.8) is 0 Å². The quantitative estimate of drug-likeness (QED) is 0.735. The number of rotatable bonds is 1. The fourth-order valence-corrected chi connectivity index (χ4v) is 2.94. The molecule has 1 heteroatoms. The van der Waals surface area contributed by atoms with Crippen LogP contribution in [-0.4, -0.2) is 5.78 Å². The van der Waals surface area contributed by atoms with Crippen molar-refractivity contribution in [3.8, 4) is 11.1 Å². The SMILES string of the molecule is Cc1ccc(-c2cc(C)cc3c2C(=O)C(C)C3)cc1. The normalized spacial score (nSPS) is 17.6. The summed E-state index contributed by atoms with van der Waals surface area (Å²) in [6, 6.07) is 12.7. The minimum atomic E-state index is 0.126. The molecule has 0 bridgehead atoms. The molecule has 0 saturated heterocycles. The zero-order valence-corrected chi connectivity index (χ0v) is 11.7. The highest BCUT2D eigenvalue weighted by Crippen LogP contribution is 2.36. The second-order valence-electron chi connectivity index (χ2n) is 5.68. The van der Waals surface area contributed by atoms with Crippen LogP contribution in [0.5, 0.6) is 0 Å². The molecule has 1 aliphatic carbocycles. The molecular formula is C18H18O. The summed E-state index contributed by atoms with van der Waals surface area (Å²) in [5.74, 6) is 0.423. The first kappa shape index (κ1) is 12.2. The summed E-state index contributed by atoms with van der Waals surface area (Å²) in [5.41, 5.74) is 6.89. The van der Waals surface area contributed by atoms with Gasteiger partial charge in [0.15, 0.2) is 5.78 Å². The lowest BCUT2D eigenvalue weighted by Gasteiger charge is -2.10. The van der Waals surface area contributed by atoms with Crippen LogP contribution in [0.4, 0.5) is 0 Å². The molecule has 0 aliphatic heterocycles. The molecule has 96 valence electrons. The van der Waals surface area contributed by atoms with Gasteiger partial charge in [0, 0.05) is 11.5 Å². The topological polar surface area (TPSA) is 17.1 Å². The van der Waals surface area contributed by atoms with E-state index in [1.54, 1.807) is 0 Å². The summed E-state index contributed by atoms with van der Waals surface area (Å²) in [4.78, 5) is 12.4. The minimum absolute atomic E-state index is 0.126. The highest BCUT2D eigenvalue weighted by atomic mass is 16.1. The van der Waals surface area contributed by atoms with E-state index < -0.39 is 0 Å². The minimum Gasteiger partial charge on any atom is -0.294 e. The maximum Gasteiger partial charge on any atom is 0.166 e. The van der Waals surface area contributed by atoms with Crippen molar-refractivity contribution in [2.45, 2.75) is 27.2 Å². The number of carbonyl (C=O) groups is 1. The van der Waals surface area contributed by atoms with Gasteiger partial charge >= 0.3 is 0 Å². The first-order chi connectivity index (χ1) is 9.06. The van der Waals surface area contributed by atoms with Gasteiger partial charge in [-0.15, -0.1) is 0 Å². The number of fused-ring (bicyclic) bond motifs is 1. The molecule has 0 aromatic heterocycles. The Hall–Kier alpha value is -1.89. The standard InChI is InChI=1S/C18H18O/c1-11-4-6-14(7-5-11)16-9-12(2)8-15-10-13(3)18(19)17(15)16/h4-9,13H,10H2,1-3H3. The Bertz CT molecular complexity index is 650. The van der Waals surface area contributed by atoms with Crippen molar-refractivity contribution >= 4 is 5.78 Å². The summed E-state index contributed by atoms with van der Waals surface area (Å²) in [6.45, 7) is 6.21. The smallest absolute Gasteiger partial charge is 0.166 e. The highest BCUT2D eigenvalue weighted by molar-refractivity contribution is 6.07. The monoisotopic (exact) mass is 250 g/mol. The lowest BCUT2D eigenvalue weighted by atomic mass is 9.93. The van der Waals surface area contributed by atoms with Crippen LogP contribution in [0.2, 0.25) is 0 Å². The van der Waals surface area contributed by atoms with Gasteiger partial charge in [-0.1, -0.05) is 54.4 Å². The van der Waals surface area contributed by atoms with Crippen LogP contribution in [0.15, 0.2) is 36.4 Å². The summed E-state index contributed by atoms with van der Waals surface area (Å²) in [5, 5.41) is 0. The second-order valence-corrected chi connectivity index (χ2v) is 5.68. The third-order valence-electron chi connectivity index (χ3n) is 3.95. The molecule has 0 saturated carbocycles. The molecule has 19 heavy (non-hydrogen) atoms. The average molecular weight is 250 g/mol. The zero-order valence-electron chi connectivity index (χ0n) is 11.7. The molecule has 1 unspecified atom stereocenters. The van der Waals surface area contributed by atoms with Gasteiger partial charge in [0.05, 0.1) is 0 Å². The Kier molecular flexibility index (Phi) is 2.78. The summed E-state index contributed by atoms with van der Waals surface area (Å²) < 4.78 is 0. The van der Waals surface area contributed by atoms with Crippen LogP contribution in [0.25, 0.3) is 11.1 Å². The Morgan fingerprint density at radius 2 is 1.68 bits per heavy atom. The first-order valence-corrected chi connectivity index (χ1v) is 6.81. The van der Waals surface area contributed by atoms with Gasteiger partial charge in [-0.25, -0.2) is 0 Å². The molecule has 0 heterocycles. The van der Waals surface area contributed by atoms with Crippen LogP contribution in [0, 0.1) is 19.8 Å². The van der Waals surface area contributed by atoms with E-state index in [4.69, 9.17) is 0 Å². The number of hydrogen-bond donors (Lipinski definition) is 0. The molecule has 0 spiro atoms. The third-order valence-corrected chi connectivity index (χ3v) is 3.95. The molecule has 0 N–H and O–H groups in total. The van der Waals surface area contributed by atoms with Gasteiger partial charge in [-0.05, 0) is 37.0 Å². The summed E-state index contributed by atoms with van der Waals surface area (Å²) >= 11 is 0. The van der Waals surface area contributed by atoms with Gasteiger partial charge in [0.1, 0.15) is 0 Å². The molecule has 1 aliphatic rings. The van der Waals surface area contributed by atoms with Gasteiger partial charge in [0.2, 0.25) is 0 Å². The first-order valence-electron chi connectivity index (χ1n) is 6.81. The second kappa shape index (κ2) is 4.34. The van der Waals surface area contributed by atoms with E-state index in [9.17, 15) is 4.79 Å². The number of carbonyl (C=O) groups excluding carboxylic acids is 1. The van der Waals surface area contributed by atoms with E-state index in [1.807, 2.05) is 6.92 Å². The van der Waals surface area contributed by atoms with Gasteiger partial charge < -0.3 is 0 Å². The van der Waals surface area contributed by atoms with Crippen molar-refractivity contribution in [2.24, 2.45) is 5.92 Å². The predicted octanol–water partition coefficient (Wildman–Crippen LogP) is 4.35. The largest absolute Gasteiger partial charge is 0.294 e. The van der Waals surface area contributed by atoms with Gasteiger partial charge in [-0.3, -0.25) is 4.79 Å². The number of ketones is 1. The number of benzene rings is 2. The van der Waals surface area contributed by atoms with E-state index in [2.05, 4.69) is 50.2 Å². The third kappa shape index (κ3) is 1.99. The van der Waals surface area contributed by atoms with E-state index in [0.29, 0.717) is 5.78 Å². The Morgan fingerprint density at radius 3 is 2.37 bits per heavy atom. The number of hydrogen-bond acceptors (Lipinski definition) is 1. The maximum atomic E-state index is 12.4. The lowest BCUT2D eigenvalue weighted by molar-refractivity contribution is 0.0947. The molecule has 2 aromatic carbocycles. The van der Waals surface area contributed by atoms with E-state index >= 15 is 0 Å². The number of aryl methyl sites for hydroxylation is 2. The van der Waals surface area contributed by atoms with E-state index in [-0.39, 0.29) is 5.92 Å². The summed E-state index contributed by atoms with van der Waals surface area (Å²) in [7, 11) is 0. The maximum absolute atomic E-state index is 12.4. The highest BCUT2D eigenvalue weighted by Gasteiger charge is 2.29. The fourth-order valence-electron chi connectivity index (χ4n) is 2.94. The van der Waals surface area contributed by atoms with Crippen LogP contribution in [0.3, 0.4) is 0 Å². The lowest BCUT2D eigenvalue weighted by Crippen LogP contribution is -2.04. The number of Topliss-reactive ketones (excluding diaryl/α,β-unsaturated/α-hetero) is 1. The van der Waals surface area contributed by atoms with E-state index in [0.717, 1.165) is 23.1 Å². The molecule has 0 amide bonds. The average Bonchev–Trinajstić information content (AvgIpc) is 2.65. The van der Waals surface area contributed by atoms with Crippen LogP contribution < -0.4 is 0 Å². The molecule has 1 nitrogen and oxygen atoms in total. The van der Waals surface area contributed by atoms with Crippen LogP contribution in [-0.2, 0) is 6.42 Å². The van der Waals surface area contributed by atoms with Gasteiger partial charge in [0.25, 0.3) is 0 Å². The van der Waals surface area contributed by atoms with Crippen LogP contribution in [0.1, 0.15) is 34.0 Å². The van der Waals surface area contributed by atoms with Crippen molar-refractivity contribution < 1.29 is 4.79 Å². The summed E-state index contributed by atoms with van der Waals surface area (Å²) in [6.07, 6.45) is 0.884. The molecule has 0 fully saturated rings. The van der Waals surface area contributed by atoms with Crippen molar-refractivity contribution in [3.05, 3.63) is 58.7 Å². The molecule has 3 rings (SSSR count). The van der Waals surface area contributed by atoms with Crippen molar-refractivity contribution in [1.82, 2.24) is 0 Å². The Labute approximate surface area is 114 Å². The molecule has 0 radical (unpaired) electrons. The zero-order chi connectivity index (χ0) is 13.6. The van der Waals surface area contributed by atoms with Crippen molar-refractivity contribution in [2.75, 3.05) is 0 Å². The Balaban J connectivity index is 2.22. The molecular weight excluding hydrogens is 232 g/mol.